The Morgan fingerprint density at radius 1 is 1.32 bits per heavy atom. The summed E-state index contributed by atoms with van der Waals surface area (Å²) in [5.74, 6) is -0.418. The fraction of sp³-hybridized carbons (Fsp3) is 0.154. The van der Waals surface area contributed by atoms with E-state index < -0.39 is 17.0 Å². The molecule has 0 spiro atoms. The number of nitro groups is 1. The molecule has 0 aliphatic carbocycles. The van der Waals surface area contributed by atoms with E-state index >= 15 is 0 Å². The molecule has 2 rings (SSSR count). The Kier molecular flexibility index (Phi) is 4.15. The molecule has 116 valence electrons. The SMILES string of the molecule is Cc1onc(C=Cc2ccccc2OC(F)(F)F)c1[N+](=O)[O-]. The van der Waals surface area contributed by atoms with Crippen molar-refractivity contribution in [2.24, 2.45) is 0 Å². The Hall–Kier alpha value is -2.84. The van der Waals surface area contributed by atoms with Gasteiger partial charge in [0, 0.05) is 12.5 Å². The van der Waals surface area contributed by atoms with Gasteiger partial charge in [-0.3, -0.25) is 10.1 Å². The lowest BCUT2D eigenvalue weighted by Crippen LogP contribution is -2.17. The molecule has 1 aromatic carbocycles. The highest BCUT2D eigenvalue weighted by molar-refractivity contribution is 5.74. The van der Waals surface area contributed by atoms with Crippen LogP contribution in [0.15, 0.2) is 28.8 Å². The van der Waals surface area contributed by atoms with Crippen LogP contribution >= 0.6 is 0 Å². The molecule has 0 N–H and O–H groups in total. The van der Waals surface area contributed by atoms with Gasteiger partial charge >= 0.3 is 12.0 Å². The maximum absolute atomic E-state index is 12.3. The first-order valence-electron chi connectivity index (χ1n) is 5.91. The van der Waals surface area contributed by atoms with E-state index in [1.165, 1.54) is 37.3 Å². The number of aromatic nitrogens is 1. The molecule has 0 fully saturated rings. The van der Waals surface area contributed by atoms with Crippen molar-refractivity contribution in [2.75, 3.05) is 0 Å². The van der Waals surface area contributed by atoms with Gasteiger partial charge in [-0.05, 0) is 18.2 Å². The zero-order valence-electron chi connectivity index (χ0n) is 11.1. The molecule has 6 nitrogen and oxygen atoms in total. The van der Waals surface area contributed by atoms with Gasteiger partial charge in [0.05, 0.1) is 4.92 Å². The van der Waals surface area contributed by atoms with E-state index in [0.29, 0.717) is 0 Å². The lowest BCUT2D eigenvalue weighted by Gasteiger charge is -2.10. The summed E-state index contributed by atoms with van der Waals surface area (Å²) in [6.45, 7) is 1.36. The van der Waals surface area contributed by atoms with Crippen LogP contribution in [0.25, 0.3) is 12.2 Å². The van der Waals surface area contributed by atoms with Crippen LogP contribution in [-0.2, 0) is 0 Å². The van der Waals surface area contributed by atoms with E-state index in [1.54, 1.807) is 0 Å². The first-order chi connectivity index (χ1) is 10.3. The van der Waals surface area contributed by atoms with Crippen molar-refractivity contribution in [2.45, 2.75) is 13.3 Å². The fourth-order valence-electron chi connectivity index (χ4n) is 1.72. The molecule has 2 aromatic rings. The van der Waals surface area contributed by atoms with Gasteiger partial charge in [0.1, 0.15) is 5.75 Å². The van der Waals surface area contributed by atoms with Crippen LogP contribution in [0.2, 0.25) is 0 Å². The summed E-state index contributed by atoms with van der Waals surface area (Å²) in [6, 6.07) is 5.39. The van der Waals surface area contributed by atoms with Crippen molar-refractivity contribution in [3.05, 3.63) is 51.4 Å². The zero-order chi connectivity index (χ0) is 16.3. The first-order valence-corrected chi connectivity index (χ1v) is 5.91. The fourth-order valence-corrected chi connectivity index (χ4v) is 1.72. The Morgan fingerprint density at radius 2 is 2.00 bits per heavy atom. The Morgan fingerprint density at radius 3 is 2.64 bits per heavy atom. The van der Waals surface area contributed by atoms with Crippen molar-refractivity contribution in [1.82, 2.24) is 5.16 Å². The van der Waals surface area contributed by atoms with Crippen LogP contribution < -0.4 is 4.74 Å². The molecule has 0 bridgehead atoms. The molecule has 1 aromatic heterocycles. The number of benzene rings is 1. The minimum atomic E-state index is -4.83. The highest BCUT2D eigenvalue weighted by Gasteiger charge is 2.31. The van der Waals surface area contributed by atoms with E-state index in [2.05, 4.69) is 9.89 Å². The van der Waals surface area contributed by atoms with Crippen molar-refractivity contribution in [3.8, 4) is 5.75 Å². The van der Waals surface area contributed by atoms with Crippen LogP contribution in [0, 0.1) is 17.0 Å². The number of aryl methyl sites for hydroxylation is 1. The number of alkyl halides is 3. The molecule has 9 heteroatoms. The number of halogens is 3. The van der Waals surface area contributed by atoms with Crippen molar-refractivity contribution >= 4 is 17.8 Å². The normalized spacial score (nSPS) is 11.8. The second-order valence-corrected chi connectivity index (χ2v) is 4.15. The topological polar surface area (TPSA) is 78.4 Å². The van der Waals surface area contributed by atoms with Gasteiger partial charge in [-0.25, -0.2) is 0 Å². The van der Waals surface area contributed by atoms with Gasteiger partial charge in [0.25, 0.3) is 0 Å². The van der Waals surface area contributed by atoms with Crippen molar-refractivity contribution < 1.29 is 27.4 Å². The maximum Gasteiger partial charge on any atom is 0.573 e. The third-order valence-corrected chi connectivity index (χ3v) is 2.61. The highest BCUT2D eigenvalue weighted by Crippen LogP contribution is 2.29. The second-order valence-electron chi connectivity index (χ2n) is 4.15. The molecule has 0 saturated heterocycles. The number of hydrogen-bond acceptors (Lipinski definition) is 5. The van der Waals surface area contributed by atoms with Gasteiger partial charge in [0.15, 0.2) is 5.69 Å². The molecule has 0 amide bonds. The zero-order valence-corrected chi connectivity index (χ0v) is 11.1. The predicted molar refractivity (Wildman–Crippen MR) is 69.9 cm³/mol. The van der Waals surface area contributed by atoms with Gasteiger partial charge in [-0.1, -0.05) is 23.4 Å². The second kappa shape index (κ2) is 5.88. The monoisotopic (exact) mass is 314 g/mol. The standard InChI is InChI=1S/C13H9F3N2O4/c1-8-12(18(19)20)10(17-22-8)7-6-9-4-2-3-5-11(9)21-13(14,15)16/h2-7H,1H3. The van der Waals surface area contributed by atoms with Crippen LogP contribution in [0.5, 0.6) is 5.75 Å². The number of rotatable bonds is 4. The minimum Gasteiger partial charge on any atom is -0.405 e. The molecule has 22 heavy (non-hydrogen) atoms. The molecule has 0 unspecified atom stereocenters. The van der Waals surface area contributed by atoms with Crippen LogP contribution in [0.3, 0.4) is 0 Å². The molecular formula is C13H9F3N2O4. The van der Waals surface area contributed by atoms with Crippen molar-refractivity contribution in [3.63, 3.8) is 0 Å². The van der Waals surface area contributed by atoms with Gasteiger partial charge in [0.2, 0.25) is 5.76 Å². The lowest BCUT2D eigenvalue weighted by molar-refractivity contribution is -0.386. The summed E-state index contributed by atoms with van der Waals surface area (Å²) in [5.41, 5.74) is -0.343. The molecular weight excluding hydrogens is 305 g/mol. The average Bonchev–Trinajstić information content (AvgIpc) is 2.77. The number of nitrogens with zero attached hydrogens (tertiary/aromatic N) is 2. The number of para-hydroxylation sites is 1. The van der Waals surface area contributed by atoms with Gasteiger partial charge < -0.3 is 9.26 Å². The minimum absolute atomic E-state index is 0.00415. The largest absolute Gasteiger partial charge is 0.573 e. The molecule has 0 saturated carbocycles. The Balaban J connectivity index is 2.34. The Bertz CT molecular complexity index is 722. The summed E-state index contributed by atoms with van der Waals surface area (Å²) in [6.07, 6.45) is -2.42. The quantitative estimate of drug-likeness (QED) is 0.630. The van der Waals surface area contributed by atoms with E-state index in [0.717, 1.165) is 6.07 Å². The number of ether oxygens (including phenoxy) is 1. The number of hydrogen-bond donors (Lipinski definition) is 0. The first kappa shape index (κ1) is 15.5. The Labute approximate surface area is 121 Å². The predicted octanol–water partition coefficient (Wildman–Crippen LogP) is 3.96. The van der Waals surface area contributed by atoms with Crippen LogP contribution in [0.1, 0.15) is 17.0 Å². The van der Waals surface area contributed by atoms with Crippen LogP contribution in [-0.4, -0.2) is 16.4 Å². The maximum atomic E-state index is 12.3. The van der Waals surface area contributed by atoms with Gasteiger partial charge in [-0.15, -0.1) is 13.2 Å². The van der Waals surface area contributed by atoms with E-state index in [9.17, 15) is 23.3 Å². The third-order valence-electron chi connectivity index (χ3n) is 2.61. The highest BCUT2D eigenvalue weighted by atomic mass is 19.4. The summed E-state index contributed by atoms with van der Waals surface area (Å²) in [5, 5.41) is 14.4. The van der Waals surface area contributed by atoms with E-state index in [4.69, 9.17) is 4.52 Å². The van der Waals surface area contributed by atoms with Crippen molar-refractivity contribution in [1.29, 1.82) is 0 Å². The van der Waals surface area contributed by atoms with Gasteiger partial charge in [-0.2, -0.15) is 0 Å². The molecule has 0 aliphatic heterocycles. The summed E-state index contributed by atoms with van der Waals surface area (Å²) < 4.78 is 45.5. The average molecular weight is 314 g/mol. The molecule has 0 radical (unpaired) electrons. The van der Waals surface area contributed by atoms with E-state index in [1.807, 2.05) is 0 Å². The molecule has 1 heterocycles. The van der Waals surface area contributed by atoms with Crippen LogP contribution in [0.4, 0.5) is 18.9 Å². The summed E-state index contributed by atoms with van der Waals surface area (Å²) in [7, 11) is 0. The lowest BCUT2D eigenvalue weighted by atomic mass is 10.1. The molecule has 0 atom stereocenters. The third kappa shape index (κ3) is 3.62. The summed E-state index contributed by atoms with van der Waals surface area (Å²) >= 11 is 0. The van der Waals surface area contributed by atoms with E-state index in [-0.39, 0.29) is 22.7 Å². The summed E-state index contributed by atoms with van der Waals surface area (Å²) in [4.78, 5) is 10.2. The smallest absolute Gasteiger partial charge is 0.405 e. The molecule has 0 aliphatic rings.